The van der Waals surface area contributed by atoms with Gasteiger partial charge in [-0.1, -0.05) is 0 Å². The molecule has 0 aromatic carbocycles. The maximum absolute atomic E-state index is 12.2. The fourth-order valence-electron chi connectivity index (χ4n) is 2.20. The van der Waals surface area contributed by atoms with Crippen molar-refractivity contribution in [1.82, 2.24) is 19.7 Å². The Morgan fingerprint density at radius 1 is 1.35 bits per heavy atom. The van der Waals surface area contributed by atoms with Crippen LogP contribution in [0.25, 0.3) is 11.6 Å². The van der Waals surface area contributed by atoms with E-state index in [-0.39, 0.29) is 12.5 Å². The first-order chi connectivity index (χ1) is 9.74. The lowest BCUT2D eigenvalue weighted by Crippen LogP contribution is -2.42. The molecule has 0 spiro atoms. The second-order valence-corrected chi connectivity index (χ2v) is 4.64. The van der Waals surface area contributed by atoms with Gasteiger partial charge in [-0.3, -0.25) is 4.79 Å². The molecule has 2 aromatic heterocycles. The van der Waals surface area contributed by atoms with E-state index in [1.54, 1.807) is 6.92 Å². The lowest BCUT2D eigenvalue weighted by atomic mass is 10.3. The highest BCUT2D eigenvalue weighted by atomic mass is 16.5. The number of hydrogen-bond acceptors (Lipinski definition) is 5. The summed E-state index contributed by atoms with van der Waals surface area (Å²) in [4.78, 5) is 14.0. The summed E-state index contributed by atoms with van der Waals surface area (Å²) < 4.78 is 12.5. The average Bonchev–Trinajstić information content (AvgIpc) is 3.08. The monoisotopic (exact) mass is 276 g/mol. The lowest BCUT2D eigenvalue weighted by Gasteiger charge is -2.27. The first kappa shape index (κ1) is 12.9. The predicted molar refractivity (Wildman–Crippen MR) is 69.9 cm³/mol. The van der Waals surface area contributed by atoms with Crippen LogP contribution < -0.4 is 0 Å². The second-order valence-electron chi connectivity index (χ2n) is 4.64. The largest absolute Gasteiger partial charge is 0.420 e. The third kappa shape index (κ3) is 2.57. The van der Waals surface area contributed by atoms with Gasteiger partial charge in [-0.15, -0.1) is 10.2 Å². The van der Waals surface area contributed by atoms with Crippen molar-refractivity contribution in [3.8, 4) is 11.6 Å². The molecule has 106 valence electrons. The minimum Gasteiger partial charge on any atom is -0.420 e. The predicted octanol–water partition coefficient (Wildman–Crippen LogP) is 0.705. The van der Waals surface area contributed by atoms with Gasteiger partial charge in [0.05, 0.1) is 13.2 Å². The first-order valence-electron chi connectivity index (χ1n) is 6.55. The summed E-state index contributed by atoms with van der Waals surface area (Å²) in [5.74, 6) is 1.01. The highest BCUT2D eigenvalue weighted by molar-refractivity contribution is 5.76. The van der Waals surface area contributed by atoms with E-state index in [2.05, 4.69) is 10.2 Å². The number of aryl methyl sites for hydroxylation is 1. The molecular weight excluding hydrogens is 260 g/mol. The van der Waals surface area contributed by atoms with E-state index in [0.29, 0.717) is 38.1 Å². The molecule has 0 bridgehead atoms. The Balaban J connectivity index is 1.75. The Hall–Kier alpha value is -2.15. The van der Waals surface area contributed by atoms with E-state index in [0.717, 1.165) is 5.69 Å². The topological polar surface area (TPSA) is 73.4 Å². The van der Waals surface area contributed by atoms with Crippen LogP contribution in [0, 0.1) is 6.92 Å². The van der Waals surface area contributed by atoms with Crippen LogP contribution in [0.1, 0.15) is 5.89 Å². The van der Waals surface area contributed by atoms with Gasteiger partial charge >= 0.3 is 0 Å². The first-order valence-corrected chi connectivity index (χ1v) is 6.55. The minimum absolute atomic E-state index is 0.0713. The Labute approximate surface area is 116 Å². The van der Waals surface area contributed by atoms with Crippen molar-refractivity contribution in [2.45, 2.75) is 13.5 Å². The lowest BCUT2D eigenvalue weighted by molar-refractivity contribution is -0.135. The van der Waals surface area contributed by atoms with Crippen molar-refractivity contribution < 1.29 is 13.9 Å². The second kappa shape index (κ2) is 5.46. The summed E-state index contributed by atoms with van der Waals surface area (Å²) in [7, 11) is 0. The van der Waals surface area contributed by atoms with Crippen LogP contribution in [0.15, 0.2) is 22.7 Å². The molecule has 20 heavy (non-hydrogen) atoms. The number of amides is 1. The molecule has 1 aliphatic heterocycles. The summed E-state index contributed by atoms with van der Waals surface area (Å²) in [6.07, 6.45) is 1.84. The van der Waals surface area contributed by atoms with Gasteiger partial charge in [-0.25, -0.2) is 0 Å². The standard InChI is InChI=1S/C13H16N4O3/c1-10-14-15-13(20-10)11-3-2-4-17(11)9-12(18)16-5-7-19-8-6-16/h2-4H,5-9H2,1H3. The van der Waals surface area contributed by atoms with Crippen LogP contribution >= 0.6 is 0 Å². The van der Waals surface area contributed by atoms with Crippen LogP contribution in [0.5, 0.6) is 0 Å². The Morgan fingerprint density at radius 3 is 2.85 bits per heavy atom. The third-order valence-corrected chi connectivity index (χ3v) is 3.24. The highest BCUT2D eigenvalue weighted by Crippen LogP contribution is 2.18. The van der Waals surface area contributed by atoms with Crippen LogP contribution in [-0.2, 0) is 16.1 Å². The maximum atomic E-state index is 12.2. The van der Waals surface area contributed by atoms with Crippen molar-refractivity contribution in [3.05, 3.63) is 24.2 Å². The van der Waals surface area contributed by atoms with Crippen LogP contribution in [0.4, 0.5) is 0 Å². The fourth-order valence-corrected chi connectivity index (χ4v) is 2.20. The molecule has 1 amide bonds. The molecule has 0 atom stereocenters. The molecule has 1 saturated heterocycles. The molecule has 1 fully saturated rings. The maximum Gasteiger partial charge on any atom is 0.264 e. The zero-order chi connectivity index (χ0) is 13.9. The van der Waals surface area contributed by atoms with Crippen molar-refractivity contribution in [1.29, 1.82) is 0 Å². The van der Waals surface area contributed by atoms with Gasteiger partial charge in [0.1, 0.15) is 12.2 Å². The van der Waals surface area contributed by atoms with Gasteiger partial charge in [0.15, 0.2) is 0 Å². The SMILES string of the molecule is Cc1nnc(-c2cccn2CC(=O)N2CCOCC2)o1. The molecule has 7 heteroatoms. The quantitative estimate of drug-likeness (QED) is 0.825. The molecule has 0 N–H and O–H groups in total. The molecule has 7 nitrogen and oxygen atoms in total. The van der Waals surface area contributed by atoms with Gasteiger partial charge < -0.3 is 18.6 Å². The smallest absolute Gasteiger partial charge is 0.264 e. The van der Waals surface area contributed by atoms with Gasteiger partial charge in [0.25, 0.3) is 5.89 Å². The summed E-state index contributed by atoms with van der Waals surface area (Å²) in [5, 5.41) is 7.80. The Morgan fingerprint density at radius 2 is 2.15 bits per heavy atom. The van der Waals surface area contributed by atoms with Gasteiger partial charge in [-0.05, 0) is 12.1 Å². The zero-order valence-electron chi connectivity index (χ0n) is 11.3. The molecule has 0 aliphatic carbocycles. The van der Waals surface area contributed by atoms with Crippen molar-refractivity contribution in [2.24, 2.45) is 0 Å². The summed E-state index contributed by atoms with van der Waals surface area (Å²) in [5.41, 5.74) is 0.757. The molecule has 0 unspecified atom stereocenters. The molecule has 2 aromatic rings. The Bertz CT molecular complexity index is 598. The molecular formula is C13H16N4O3. The van der Waals surface area contributed by atoms with Crippen molar-refractivity contribution in [2.75, 3.05) is 26.3 Å². The van der Waals surface area contributed by atoms with Crippen LogP contribution in [0.2, 0.25) is 0 Å². The normalized spacial score (nSPS) is 15.6. The Kier molecular flexibility index (Phi) is 3.51. The fraction of sp³-hybridized carbons (Fsp3) is 0.462. The van der Waals surface area contributed by atoms with E-state index >= 15 is 0 Å². The van der Waals surface area contributed by atoms with Gasteiger partial charge in [0, 0.05) is 26.2 Å². The molecule has 0 radical (unpaired) electrons. The number of carbonyl (C=O) groups excluding carboxylic acids is 1. The van der Waals surface area contributed by atoms with E-state index in [1.807, 2.05) is 27.8 Å². The number of ether oxygens (including phenoxy) is 1. The van der Waals surface area contributed by atoms with Crippen molar-refractivity contribution >= 4 is 5.91 Å². The van der Waals surface area contributed by atoms with Crippen molar-refractivity contribution in [3.63, 3.8) is 0 Å². The van der Waals surface area contributed by atoms with Crippen LogP contribution in [-0.4, -0.2) is 51.9 Å². The van der Waals surface area contributed by atoms with Gasteiger partial charge in [-0.2, -0.15) is 0 Å². The number of hydrogen-bond donors (Lipinski definition) is 0. The molecule has 1 aliphatic rings. The molecule has 3 heterocycles. The van der Waals surface area contributed by atoms with Gasteiger partial charge in [0.2, 0.25) is 11.8 Å². The van der Waals surface area contributed by atoms with E-state index < -0.39 is 0 Å². The summed E-state index contributed by atoms with van der Waals surface area (Å²) in [6, 6.07) is 3.72. The number of nitrogens with zero attached hydrogens (tertiary/aromatic N) is 4. The van der Waals surface area contributed by atoms with E-state index in [9.17, 15) is 4.79 Å². The molecule has 0 saturated carbocycles. The van der Waals surface area contributed by atoms with E-state index in [4.69, 9.17) is 9.15 Å². The zero-order valence-corrected chi connectivity index (χ0v) is 11.3. The number of carbonyl (C=O) groups is 1. The third-order valence-electron chi connectivity index (χ3n) is 3.24. The minimum atomic E-state index is 0.0713. The number of rotatable bonds is 3. The van der Waals surface area contributed by atoms with E-state index in [1.165, 1.54) is 0 Å². The number of aromatic nitrogens is 3. The molecule has 3 rings (SSSR count). The average molecular weight is 276 g/mol. The summed E-state index contributed by atoms with van der Waals surface area (Å²) in [6.45, 7) is 4.51. The number of morpholine rings is 1. The van der Waals surface area contributed by atoms with Crippen LogP contribution in [0.3, 0.4) is 0 Å². The summed E-state index contributed by atoms with van der Waals surface area (Å²) >= 11 is 0. The highest BCUT2D eigenvalue weighted by Gasteiger charge is 2.19.